The van der Waals surface area contributed by atoms with Crippen molar-refractivity contribution in [2.24, 2.45) is 5.14 Å². The number of anilines is 3. The first-order valence-corrected chi connectivity index (χ1v) is 7.38. The number of aryl methyl sites for hydroxylation is 1. The Labute approximate surface area is 120 Å². The second-order valence-corrected chi connectivity index (χ2v) is 6.08. The normalized spacial score (nSPS) is 11.4. The molecule has 0 bridgehead atoms. The first kappa shape index (κ1) is 15.2. The smallest absolute Gasteiger partial charge is 0.238 e. The summed E-state index contributed by atoms with van der Waals surface area (Å²) in [6.07, 6.45) is 0. The van der Waals surface area contributed by atoms with Crippen LogP contribution in [0.15, 0.2) is 35.2 Å². The Morgan fingerprint density at radius 1 is 1.14 bits per heavy atom. The summed E-state index contributed by atoms with van der Waals surface area (Å²) in [6.45, 7) is 1.48. The highest BCUT2D eigenvalue weighted by Crippen LogP contribution is 2.28. The van der Waals surface area contributed by atoms with Gasteiger partial charge >= 0.3 is 0 Å². The van der Waals surface area contributed by atoms with Crippen LogP contribution in [0.1, 0.15) is 5.56 Å². The van der Waals surface area contributed by atoms with Crippen molar-refractivity contribution >= 4 is 27.1 Å². The average Bonchev–Trinajstić information content (AvgIpc) is 2.38. The number of rotatable bonds is 3. The lowest BCUT2D eigenvalue weighted by atomic mass is 10.2. The fraction of sp³-hybridized carbons (Fsp3) is 0.0769. The third kappa shape index (κ3) is 3.29. The molecule has 0 heterocycles. The van der Waals surface area contributed by atoms with E-state index in [4.69, 9.17) is 10.9 Å². The quantitative estimate of drug-likeness (QED) is 0.757. The molecule has 0 aromatic heterocycles. The summed E-state index contributed by atoms with van der Waals surface area (Å²) in [5, 5.41) is 7.50. The van der Waals surface area contributed by atoms with Crippen molar-refractivity contribution in [2.75, 3.05) is 11.1 Å². The number of nitrogens with one attached hydrogen (secondary N) is 1. The number of hydrogen-bond acceptors (Lipinski definition) is 4. The van der Waals surface area contributed by atoms with Gasteiger partial charge in [0.15, 0.2) is 5.82 Å². The van der Waals surface area contributed by atoms with Gasteiger partial charge in [-0.15, -0.1) is 0 Å². The van der Waals surface area contributed by atoms with E-state index in [1.165, 1.54) is 19.1 Å². The van der Waals surface area contributed by atoms with Crippen molar-refractivity contribution in [1.29, 1.82) is 0 Å². The molecule has 0 aliphatic rings. The Hall–Kier alpha value is -2.19. The number of nitrogens with two attached hydrogens (primary N) is 2. The summed E-state index contributed by atoms with van der Waals surface area (Å²) >= 11 is 0. The van der Waals surface area contributed by atoms with E-state index in [9.17, 15) is 17.2 Å². The van der Waals surface area contributed by atoms with Crippen molar-refractivity contribution < 1.29 is 17.2 Å². The number of primary sulfonamides is 1. The molecular formula is C13H13F2N3O2S. The van der Waals surface area contributed by atoms with Crippen LogP contribution in [0.4, 0.5) is 25.8 Å². The minimum atomic E-state index is -3.98. The van der Waals surface area contributed by atoms with Crippen LogP contribution in [0.25, 0.3) is 0 Å². The number of hydrogen-bond donors (Lipinski definition) is 3. The van der Waals surface area contributed by atoms with Gasteiger partial charge in [0.1, 0.15) is 11.5 Å². The molecule has 0 atom stereocenters. The topological polar surface area (TPSA) is 98.2 Å². The van der Waals surface area contributed by atoms with E-state index < -0.39 is 21.7 Å². The van der Waals surface area contributed by atoms with Crippen molar-refractivity contribution in [1.82, 2.24) is 0 Å². The van der Waals surface area contributed by atoms with Gasteiger partial charge in [0.2, 0.25) is 10.0 Å². The van der Waals surface area contributed by atoms with Crippen LogP contribution in [-0.4, -0.2) is 8.42 Å². The maximum absolute atomic E-state index is 13.9. The molecule has 5 nitrogen and oxygen atoms in total. The van der Waals surface area contributed by atoms with Gasteiger partial charge in [-0.1, -0.05) is 6.07 Å². The van der Waals surface area contributed by atoms with Gasteiger partial charge in [0, 0.05) is 11.4 Å². The largest absolute Gasteiger partial charge is 0.399 e. The van der Waals surface area contributed by atoms with Crippen molar-refractivity contribution in [2.45, 2.75) is 11.8 Å². The first-order valence-electron chi connectivity index (χ1n) is 5.83. The van der Waals surface area contributed by atoms with Gasteiger partial charge in [0.25, 0.3) is 0 Å². The predicted octanol–water partition coefficient (Wildman–Crippen LogP) is 2.25. The second kappa shape index (κ2) is 5.30. The standard InChI is InChI=1S/C13H13F2N3O2S/c1-7-2-3-11(14)13(12(7)15)18-9-4-8(16)5-10(6-9)21(17,19)20/h2-6,18H,16H2,1H3,(H2,17,19,20). The number of benzene rings is 2. The molecule has 0 amide bonds. The minimum Gasteiger partial charge on any atom is -0.399 e. The lowest BCUT2D eigenvalue weighted by Gasteiger charge is -2.12. The van der Waals surface area contributed by atoms with Gasteiger partial charge in [0.05, 0.1) is 4.90 Å². The van der Waals surface area contributed by atoms with Gasteiger partial charge in [-0.05, 0) is 36.8 Å². The third-order valence-electron chi connectivity index (χ3n) is 2.81. The summed E-state index contributed by atoms with van der Waals surface area (Å²) < 4.78 is 50.2. The summed E-state index contributed by atoms with van der Waals surface area (Å²) in [5.74, 6) is -1.58. The summed E-state index contributed by atoms with van der Waals surface area (Å²) in [6, 6.07) is 6.05. The Morgan fingerprint density at radius 2 is 1.81 bits per heavy atom. The lowest BCUT2D eigenvalue weighted by Crippen LogP contribution is -2.13. The van der Waals surface area contributed by atoms with E-state index in [-0.39, 0.29) is 27.5 Å². The number of halogens is 2. The lowest BCUT2D eigenvalue weighted by molar-refractivity contribution is 0.585. The van der Waals surface area contributed by atoms with E-state index in [0.717, 1.165) is 18.2 Å². The molecule has 5 N–H and O–H groups in total. The molecule has 0 aliphatic heterocycles. The van der Waals surface area contributed by atoms with Crippen LogP contribution in [-0.2, 0) is 10.0 Å². The van der Waals surface area contributed by atoms with E-state index in [1.807, 2.05) is 0 Å². The molecule has 8 heteroatoms. The molecule has 0 fully saturated rings. The maximum atomic E-state index is 13.9. The van der Waals surface area contributed by atoms with Crippen LogP contribution in [0, 0.1) is 18.6 Å². The van der Waals surface area contributed by atoms with E-state index >= 15 is 0 Å². The van der Waals surface area contributed by atoms with Gasteiger partial charge in [-0.25, -0.2) is 22.3 Å². The molecule has 0 radical (unpaired) electrons. The summed E-state index contributed by atoms with van der Waals surface area (Å²) in [4.78, 5) is -0.251. The van der Waals surface area contributed by atoms with Gasteiger partial charge in [-0.3, -0.25) is 0 Å². The Balaban J connectivity index is 2.51. The van der Waals surface area contributed by atoms with Crippen molar-refractivity contribution in [3.05, 3.63) is 47.5 Å². The number of nitrogen functional groups attached to an aromatic ring is 1. The second-order valence-electron chi connectivity index (χ2n) is 4.51. The fourth-order valence-electron chi connectivity index (χ4n) is 1.77. The average molecular weight is 313 g/mol. The summed E-state index contributed by atoms with van der Waals surface area (Å²) in [5.41, 5.74) is 5.63. The molecule has 2 aromatic carbocycles. The van der Waals surface area contributed by atoms with Gasteiger partial charge in [-0.2, -0.15) is 0 Å². The number of sulfonamides is 1. The van der Waals surface area contributed by atoms with Crippen LogP contribution in [0.2, 0.25) is 0 Å². The molecule has 0 spiro atoms. The molecule has 112 valence electrons. The summed E-state index contributed by atoms with van der Waals surface area (Å²) in [7, 11) is -3.98. The Morgan fingerprint density at radius 3 is 2.43 bits per heavy atom. The highest BCUT2D eigenvalue weighted by atomic mass is 32.2. The van der Waals surface area contributed by atoms with Crippen LogP contribution >= 0.6 is 0 Å². The van der Waals surface area contributed by atoms with E-state index in [1.54, 1.807) is 0 Å². The monoisotopic (exact) mass is 313 g/mol. The van der Waals surface area contributed by atoms with Crippen LogP contribution in [0.3, 0.4) is 0 Å². The molecule has 0 saturated carbocycles. The highest BCUT2D eigenvalue weighted by Gasteiger charge is 2.14. The highest BCUT2D eigenvalue weighted by molar-refractivity contribution is 7.89. The van der Waals surface area contributed by atoms with E-state index in [2.05, 4.69) is 5.32 Å². The van der Waals surface area contributed by atoms with E-state index in [0.29, 0.717) is 0 Å². The zero-order chi connectivity index (χ0) is 15.8. The molecule has 21 heavy (non-hydrogen) atoms. The van der Waals surface area contributed by atoms with Gasteiger partial charge < -0.3 is 11.1 Å². The molecule has 0 saturated heterocycles. The molecule has 0 aliphatic carbocycles. The molecule has 0 unspecified atom stereocenters. The third-order valence-corrected chi connectivity index (χ3v) is 3.70. The van der Waals surface area contributed by atoms with Crippen molar-refractivity contribution in [3.63, 3.8) is 0 Å². The Kier molecular flexibility index (Phi) is 3.84. The fourth-order valence-corrected chi connectivity index (χ4v) is 2.37. The van der Waals surface area contributed by atoms with Crippen LogP contribution in [0.5, 0.6) is 0 Å². The first-order chi connectivity index (χ1) is 9.68. The minimum absolute atomic E-state index is 0.0949. The molecular weight excluding hydrogens is 300 g/mol. The van der Waals surface area contributed by atoms with Crippen LogP contribution < -0.4 is 16.2 Å². The molecule has 2 aromatic rings. The predicted molar refractivity (Wildman–Crippen MR) is 76.6 cm³/mol. The van der Waals surface area contributed by atoms with Crippen molar-refractivity contribution in [3.8, 4) is 0 Å². The molecule has 2 rings (SSSR count). The zero-order valence-corrected chi connectivity index (χ0v) is 11.8. The maximum Gasteiger partial charge on any atom is 0.238 e. The zero-order valence-electron chi connectivity index (χ0n) is 11.0. The Bertz CT molecular complexity index is 807. The SMILES string of the molecule is Cc1ccc(F)c(Nc2cc(N)cc(S(N)(=O)=O)c2)c1F.